The van der Waals surface area contributed by atoms with Crippen LogP contribution in [0, 0.1) is 5.82 Å². The van der Waals surface area contributed by atoms with E-state index in [1.807, 2.05) is 0 Å². The van der Waals surface area contributed by atoms with Crippen LogP contribution in [0.1, 0.15) is 10.5 Å². The van der Waals surface area contributed by atoms with E-state index in [4.69, 9.17) is 11.6 Å². The molecule has 26 heavy (non-hydrogen) atoms. The third kappa shape index (κ3) is 2.86. The summed E-state index contributed by atoms with van der Waals surface area (Å²) in [6.07, 6.45) is 5.76. The molecule has 4 aromatic rings. The SMILES string of the molecule is O=C(Nc1cnccn1)c1cnc2ccc(-c3cccc(Cl)c3F)nn12. The molecule has 0 unspecified atom stereocenters. The minimum atomic E-state index is -0.577. The van der Waals surface area contributed by atoms with Crippen LogP contribution in [0.3, 0.4) is 0 Å². The number of nitrogens with zero attached hydrogens (tertiary/aromatic N) is 5. The van der Waals surface area contributed by atoms with Crippen LogP contribution in [0.5, 0.6) is 0 Å². The number of fused-ring (bicyclic) bond motifs is 1. The highest BCUT2D eigenvalue weighted by molar-refractivity contribution is 6.31. The Kier molecular flexibility index (Phi) is 4.02. The van der Waals surface area contributed by atoms with Gasteiger partial charge in [-0.05, 0) is 24.3 Å². The third-order valence-corrected chi connectivity index (χ3v) is 3.92. The number of benzene rings is 1. The Hall–Kier alpha value is -3.39. The smallest absolute Gasteiger partial charge is 0.277 e. The first-order chi connectivity index (χ1) is 12.6. The van der Waals surface area contributed by atoms with Gasteiger partial charge in [-0.15, -0.1) is 0 Å². The van der Waals surface area contributed by atoms with Crippen LogP contribution in [-0.4, -0.2) is 30.5 Å². The second kappa shape index (κ2) is 6.49. The van der Waals surface area contributed by atoms with Gasteiger partial charge in [-0.1, -0.05) is 17.7 Å². The van der Waals surface area contributed by atoms with Gasteiger partial charge in [-0.2, -0.15) is 5.10 Å². The number of carbonyl (C=O) groups excluding carboxylic acids is 1. The van der Waals surface area contributed by atoms with Crippen LogP contribution in [-0.2, 0) is 0 Å². The lowest BCUT2D eigenvalue weighted by Gasteiger charge is -2.06. The molecule has 9 heteroatoms. The maximum atomic E-state index is 14.3. The first-order valence-electron chi connectivity index (χ1n) is 7.50. The van der Waals surface area contributed by atoms with Gasteiger partial charge in [0.05, 0.1) is 23.1 Å². The van der Waals surface area contributed by atoms with Crippen LogP contribution >= 0.6 is 11.6 Å². The fourth-order valence-electron chi connectivity index (χ4n) is 2.42. The third-order valence-electron chi connectivity index (χ3n) is 3.63. The Morgan fingerprint density at radius 1 is 1.12 bits per heavy atom. The number of halogens is 2. The number of amides is 1. The average Bonchev–Trinajstić information content (AvgIpc) is 3.08. The molecule has 3 heterocycles. The normalized spacial score (nSPS) is 10.8. The van der Waals surface area contributed by atoms with E-state index in [2.05, 4.69) is 25.4 Å². The van der Waals surface area contributed by atoms with Gasteiger partial charge >= 0.3 is 0 Å². The van der Waals surface area contributed by atoms with Crippen LogP contribution < -0.4 is 5.32 Å². The number of imidazole rings is 1. The first-order valence-corrected chi connectivity index (χ1v) is 7.88. The number of rotatable bonds is 3. The Labute approximate surface area is 151 Å². The van der Waals surface area contributed by atoms with Crippen molar-refractivity contribution >= 4 is 29.0 Å². The summed E-state index contributed by atoms with van der Waals surface area (Å²) in [6.45, 7) is 0. The van der Waals surface area contributed by atoms with Crippen molar-refractivity contribution in [1.82, 2.24) is 24.6 Å². The fraction of sp³-hybridized carbons (Fsp3) is 0. The highest BCUT2D eigenvalue weighted by atomic mass is 35.5. The number of hydrogen-bond acceptors (Lipinski definition) is 5. The van der Waals surface area contributed by atoms with Gasteiger partial charge in [0.25, 0.3) is 5.91 Å². The van der Waals surface area contributed by atoms with Gasteiger partial charge in [-0.3, -0.25) is 9.78 Å². The van der Waals surface area contributed by atoms with Crippen LogP contribution in [0.2, 0.25) is 5.02 Å². The second-order valence-corrected chi connectivity index (χ2v) is 5.69. The zero-order chi connectivity index (χ0) is 18.1. The Bertz CT molecular complexity index is 1110. The first kappa shape index (κ1) is 16.1. The summed E-state index contributed by atoms with van der Waals surface area (Å²) >= 11 is 5.83. The standard InChI is InChI=1S/C17H10ClFN6O/c18-11-3-1-2-10(16(11)19)12-4-5-15-22-8-13(25(15)24-12)17(26)23-14-9-20-6-7-21-14/h1-9H,(H,21,23,26). The van der Waals surface area contributed by atoms with Gasteiger partial charge in [-0.25, -0.2) is 18.9 Å². The van der Waals surface area contributed by atoms with E-state index < -0.39 is 11.7 Å². The molecule has 1 aromatic carbocycles. The van der Waals surface area contributed by atoms with Crippen molar-refractivity contribution in [3.05, 3.63) is 71.7 Å². The summed E-state index contributed by atoms with van der Waals surface area (Å²) in [5.41, 5.74) is 1.17. The molecule has 128 valence electrons. The quantitative estimate of drug-likeness (QED) is 0.600. The van der Waals surface area contributed by atoms with Crippen molar-refractivity contribution in [2.24, 2.45) is 0 Å². The molecule has 0 atom stereocenters. The van der Waals surface area contributed by atoms with Crippen LogP contribution in [0.4, 0.5) is 10.2 Å². The van der Waals surface area contributed by atoms with Crippen LogP contribution in [0.15, 0.2) is 55.1 Å². The number of hydrogen-bond donors (Lipinski definition) is 1. The summed E-state index contributed by atoms with van der Waals surface area (Å²) in [4.78, 5) is 24.5. The summed E-state index contributed by atoms with van der Waals surface area (Å²) in [5.74, 6) is -0.745. The number of anilines is 1. The lowest BCUT2D eigenvalue weighted by molar-refractivity contribution is 0.102. The van der Waals surface area contributed by atoms with Gasteiger partial charge < -0.3 is 5.32 Å². The molecule has 0 spiro atoms. The zero-order valence-electron chi connectivity index (χ0n) is 13.1. The summed E-state index contributed by atoms with van der Waals surface area (Å²) in [6, 6.07) is 7.90. The van der Waals surface area contributed by atoms with Crippen LogP contribution in [0.25, 0.3) is 16.9 Å². The molecule has 0 aliphatic rings. The Morgan fingerprint density at radius 3 is 2.81 bits per heavy atom. The maximum absolute atomic E-state index is 14.3. The van der Waals surface area contributed by atoms with Crippen molar-refractivity contribution in [3.63, 3.8) is 0 Å². The largest absolute Gasteiger partial charge is 0.304 e. The topological polar surface area (TPSA) is 85.1 Å². The molecule has 0 radical (unpaired) electrons. The van der Waals surface area contributed by atoms with Crippen molar-refractivity contribution in [2.75, 3.05) is 5.32 Å². The Balaban J connectivity index is 1.75. The van der Waals surface area contributed by atoms with E-state index in [1.165, 1.54) is 35.4 Å². The predicted octanol–water partition coefficient (Wildman–Crippen LogP) is 3.23. The molecule has 0 aliphatic carbocycles. The van der Waals surface area contributed by atoms with E-state index in [0.717, 1.165) is 0 Å². The molecular weight excluding hydrogens is 359 g/mol. The summed E-state index contributed by atoms with van der Waals surface area (Å²) in [7, 11) is 0. The molecule has 7 nitrogen and oxygen atoms in total. The minimum absolute atomic E-state index is 0.00403. The molecule has 3 aromatic heterocycles. The highest BCUT2D eigenvalue weighted by Crippen LogP contribution is 2.26. The zero-order valence-corrected chi connectivity index (χ0v) is 13.9. The maximum Gasteiger partial charge on any atom is 0.277 e. The lowest BCUT2D eigenvalue weighted by Crippen LogP contribution is -2.16. The van der Waals surface area contributed by atoms with Gasteiger partial charge in [0.2, 0.25) is 0 Å². The van der Waals surface area contributed by atoms with Gasteiger partial charge in [0, 0.05) is 18.0 Å². The molecule has 0 saturated carbocycles. The highest BCUT2D eigenvalue weighted by Gasteiger charge is 2.16. The Morgan fingerprint density at radius 2 is 2.00 bits per heavy atom. The van der Waals surface area contributed by atoms with E-state index in [9.17, 15) is 9.18 Å². The number of nitrogens with one attached hydrogen (secondary N) is 1. The molecule has 0 aliphatic heterocycles. The van der Waals surface area contributed by atoms with E-state index >= 15 is 0 Å². The summed E-state index contributed by atoms with van der Waals surface area (Å²) in [5, 5.41) is 6.93. The van der Waals surface area contributed by atoms with Gasteiger partial charge in [0.15, 0.2) is 23.0 Å². The summed E-state index contributed by atoms with van der Waals surface area (Å²) < 4.78 is 15.6. The van der Waals surface area contributed by atoms with Crippen molar-refractivity contribution < 1.29 is 9.18 Å². The van der Waals surface area contributed by atoms with Crippen molar-refractivity contribution in [1.29, 1.82) is 0 Å². The van der Waals surface area contributed by atoms with Gasteiger partial charge in [0.1, 0.15) is 0 Å². The fourth-order valence-corrected chi connectivity index (χ4v) is 2.59. The number of carbonyl (C=O) groups is 1. The molecule has 0 bridgehead atoms. The average molecular weight is 369 g/mol. The molecule has 0 saturated heterocycles. The monoisotopic (exact) mass is 368 g/mol. The van der Waals surface area contributed by atoms with Crippen molar-refractivity contribution in [2.45, 2.75) is 0 Å². The molecule has 0 fully saturated rings. The minimum Gasteiger partial charge on any atom is -0.304 e. The molecule has 1 N–H and O–H groups in total. The van der Waals surface area contributed by atoms with E-state index in [0.29, 0.717) is 17.2 Å². The number of aromatic nitrogens is 5. The predicted molar refractivity (Wildman–Crippen MR) is 93.4 cm³/mol. The van der Waals surface area contributed by atoms with E-state index in [-0.39, 0.29) is 16.3 Å². The molecule has 4 rings (SSSR count). The molecular formula is C17H10ClFN6O. The second-order valence-electron chi connectivity index (χ2n) is 5.28. The molecule has 1 amide bonds. The van der Waals surface area contributed by atoms with Crippen molar-refractivity contribution in [3.8, 4) is 11.3 Å². The van der Waals surface area contributed by atoms with E-state index in [1.54, 1.807) is 24.3 Å². The lowest BCUT2D eigenvalue weighted by atomic mass is 10.1.